The van der Waals surface area contributed by atoms with Gasteiger partial charge in [0.1, 0.15) is 0 Å². The molecule has 0 fully saturated rings. The van der Waals surface area contributed by atoms with E-state index in [1.54, 1.807) is 18.2 Å². The molecule has 0 spiro atoms. The van der Waals surface area contributed by atoms with Crippen LogP contribution in [-0.4, -0.2) is 17.9 Å². The third kappa shape index (κ3) is 7.10. The standard InChI is InChI=1S/C23H28N2O2/c1-16(2)20-10-5-18(6-11-20)9-14-22(26)25-21-12-7-19(8-13-21)15-23(27)24-17(3)4/h5-14,16-17H,15H2,1-4H3,(H,24,27)(H,25,26)/b14-9+. The lowest BCUT2D eigenvalue weighted by Crippen LogP contribution is -2.31. The fourth-order valence-electron chi connectivity index (χ4n) is 2.61. The highest BCUT2D eigenvalue weighted by molar-refractivity contribution is 6.01. The quantitative estimate of drug-likeness (QED) is 0.709. The Hall–Kier alpha value is -2.88. The summed E-state index contributed by atoms with van der Waals surface area (Å²) in [6.45, 7) is 8.17. The second-order valence-electron chi connectivity index (χ2n) is 7.24. The molecule has 0 bridgehead atoms. The molecule has 0 aliphatic rings. The third-order valence-corrected chi connectivity index (χ3v) is 4.07. The number of amides is 2. The van der Waals surface area contributed by atoms with E-state index >= 15 is 0 Å². The highest BCUT2D eigenvalue weighted by Gasteiger charge is 2.05. The van der Waals surface area contributed by atoms with E-state index in [-0.39, 0.29) is 17.9 Å². The van der Waals surface area contributed by atoms with Crippen LogP contribution in [0.2, 0.25) is 0 Å². The lowest BCUT2D eigenvalue weighted by molar-refractivity contribution is -0.121. The lowest BCUT2D eigenvalue weighted by Gasteiger charge is -2.09. The first-order valence-electron chi connectivity index (χ1n) is 9.31. The molecule has 2 rings (SSSR count). The average Bonchev–Trinajstić information content (AvgIpc) is 2.61. The molecule has 0 saturated carbocycles. The molecule has 2 aromatic carbocycles. The van der Waals surface area contributed by atoms with Gasteiger partial charge in [-0.3, -0.25) is 9.59 Å². The second-order valence-corrected chi connectivity index (χ2v) is 7.24. The van der Waals surface area contributed by atoms with Gasteiger partial charge in [-0.1, -0.05) is 50.2 Å². The van der Waals surface area contributed by atoms with E-state index in [0.717, 1.165) is 11.1 Å². The molecular formula is C23H28N2O2. The number of hydrogen-bond acceptors (Lipinski definition) is 2. The van der Waals surface area contributed by atoms with Gasteiger partial charge in [0.05, 0.1) is 6.42 Å². The van der Waals surface area contributed by atoms with Crippen molar-refractivity contribution in [2.24, 2.45) is 0 Å². The van der Waals surface area contributed by atoms with Gasteiger partial charge < -0.3 is 10.6 Å². The van der Waals surface area contributed by atoms with Crippen molar-refractivity contribution in [3.63, 3.8) is 0 Å². The van der Waals surface area contributed by atoms with Crippen LogP contribution >= 0.6 is 0 Å². The minimum absolute atomic E-state index is 0.00629. The third-order valence-electron chi connectivity index (χ3n) is 4.07. The molecule has 0 unspecified atom stereocenters. The summed E-state index contributed by atoms with van der Waals surface area (Å²) in [5.74, 6) is 0.298. The maximum atomic E-state index is 12.1. The molecule has 0 aliphatic carbocycles. The van der Waals surface area contributed by atoms with E-state index in [2.05, 4.69) is 36.6 Å². The first kappa shape index (κ1) is 20.4. The van der Waals surface area contributed by atoms with Crippen molar-refractivity contribution in [3.05, 3.63) is 71.3 Å². The topological polar surface area (TPSA) is 58.2 Å². The summed E-state index contributed by atoms with van der Waals surface area (Å²) in [7, 11) is 0. The Morgan fingerprint density at radius 3 is 2.11 bits per heavy atom. The first-order chi connectivity index (χ1) is 12.8. The fraction of sp³-hybridized carbons (Fsp3) is 0.304. The molecule has 0 aliphatic heterocycles. The van der Waals surface area contributed by atoms with Crippen LogP contribution in [0.1, 0.15) is 50.3 Å². The summed E-state index contributed by atoms with van der Waals surface area (Å²) >= 11 is 0. The summed E-state index contributed by atoms with van der Waals surface area (Å²) in [6.07, 6.45) is 3.65. The van der Waals surface area contributed by atoms with Crippen LogP contribution in [0.4, 0.5) is 5.69 Å². The van der Waals surface area contributed by atoms with Gasteiger partial charge in [0.25, 0.3) is 0 Å². The van der Waals surface area contributed by atoms with Crippen LogP contribution < -0.4 is 10.6 Å². The van der Waals surface area contributed by atoms with Crippen LogP contribution in [-0.2, 0) is 16.0 Å². The minimum atomic E-state index is -0.187. The van der Waals surface area contributed by atoms with Gasteiger partial charge in [-0.05, 0) is 54.7 Å². The zero-order chi connectivity index (χ0) is 19.8. The molecule has 0 saturated heterocycles. The van der Waals surface area contributed by atoms with Crippen LogP contribution in [0.3, 0.4) is 0 Å². The number of hydrogen-bond donors (Lipinski definition) is 2. The van der Waals surface area contributed by atoms with Crippen molar-refractivity contribution in [2.75, 3.05) is 5.32 Å². The zero-order valence-electron chi connectivity index (χ0n) is 16.5. The van der Waals surface area contributed by atoms with Crippen molar-refractivity contribution >= 4 is 23.6 Å². The summed E-state index contributed by atoms with van der Waals surface area (Å²) in [5, 5.41) is 5.69. The Morgan fingerprint density at radius 2 is 1.56 bits per heavy atom. The highest BCUT2D eigenvalue weighted by atomic mass is 16.2. The Bertz CT molecular complexity index is 788. The van der Waals surface area contributed by atoms with Gasteiger partial charge in [0, 0.05) is 17.8 Å². The van der Waals surface area contributed by atoms with Gasteiger partial charge in [0.2, 0.25) is 11.8 Å². The Morgan fingerprint density at radius 1 is 0.926 bits per heavy atom. The number of benzene rings is 2. The number of carbonyl (C=O) groups excluding carboxylic acids is 2. The molecule has 0 aromatic heterocycles. The molecule has 0 atom stereocenters. The van der Waals surface area contributed by atoms with Crippen molar-refractivity contribution in [1.29, 1.82) is 0 Å². The molecule has 2 aromatic rings. The van der Waals surface area contributed by atoms with Crippen LogP contribution in [0.5, 0.6) is 0 Å². The predicted molar refractivity (Wildman–Crippen MR) is 112 cm³/mol. The lowest BCUT2D eigenvalue weighted by atomic mass is 10.0. The van der Waals surface area contributed by atoms with E-state index in [1.165, 1.54) is 11.6 Å². The maximum Gasteiger partial charge on any atom is 0.248 e. The predicted octanol–water partition coefficient (Wildman–Crippen LogP) is 4.53. The van der Waals surface area contributed by atoms with E-state index in [1.807, 2.05) is 38.1 Å². The Labute approximate surface area is 161 Å². The number of anilines is 1. The summed E-state index contributed by atoms with van der Waals surface area (Å²) < 4.78 is 0. The first-order valence-corrected chi connectivity index (χ1v) is 9.31. The molecule has 2 amide bonds. The monoisotopic (exact) mass is 364 g/mol. The van der Waals surface area contributed by atoms with E-state index in [9.17, 15) is 9.59 Å². The fourth-order valence-corrected chi connectivity index (χ4v) is 2.61. The van der Waals surface area contributed by atoms with Crippen molar-refractivity contribution in [2.45, 2.75) is 46.1 Å². The normalized spacial score (nSPS) is 11.2. The van der Waals surface area contributed by atoms with E-state index in [4.69, 9.17) is 0 Å². The number of rotatable bonds is 7. The Kier molecular flexibility index (Phi) is 7.35. The van der Waals surface area contributed by atoms with Crippen molar-refractivity contribution < 1.29 is 9.59 Å². The zero-order valence-corrected chi connectivity index (χ0v) is 16.5. The van der Waals surface area contributed by atoms with E-state index in [0.29, 0.717) is 18.0 Å². The largest absolute Gasteiger partial charge is 0.354 e. The molecule has 4 nitrogen and oxygen atoms in total. The molecular weight excluding hydrogens is 336 g/mol. The van der Waals surface area contributed by atoms with Crippen molar-refractivity contribution in [1.82, 2.24) is 5.32 Å². The number of nitrogens with one attached hydrogen (secondary N) is 2. The van der Waals surface area contributed by atoms with Crippen LogP contribution in [0.25, 0.3) is 6.08 Å². The molecule has 27 heavy (non-hydrogen) atoms. The SMILES string of the molecule is CC(C)NC(=O)Cc1ccc(NC(=O)/C=C/c2ccc(C(C)C)cc2)cc1. The van der Waals surface area contributed by atoms with E-state index < -0.39 is 0 Å². The van der Waals surface area contributed by atoms with Gasteiger partial charge >= 0.3 is 0 Å². The smallest absolute Gasteiger partial charge is 0.248 e. The van der Waals surface area contributed by atoms with Gasteiger partial charge in [0.15, 0.2) is 0 Å². The van der Waals surface area contributed by atoms with Gasteiger partial charge in [-0.2, -0.15) is 0 Å². The second kappa shape index (κ2) is 9.72. The summed E-state index contributed by atoms with van der Waals surface area (Å²) in [6, 6.07) is 15.6. The Balaban J connectivity index is 1.88. The maximum absolute atomic E-state index is 12.1. The van der Waals surface area contributed by atoms with Gasteiger partial charge in [-0.25, -0.2) is 0 Å². The molecule has 4 heteroatoms. The summed E-state index contributed by atoms with van der Waals surface area (Å²) in [5.41, 5.74) is 3.87. The number of carbonyl (C=O) groups is 2. The van der Waals surface area contributed by atoms with Crippen molar-refractivity contribution in [3.8, 4) is 0 Å². The van der Waals surface area contributed by atoms with Crippen LogP contribution in [0.15, 0.2) is 54.6 Å². The summed E-state index contributed by atoms with van der Waals surface area (Å²) in [4.78, 5) is 23.9. The average molecular weight is 364 g/mol. The molecule has 0 heterocycles. The van der Waals surface area contributed by atoms with Gasteiger partial charge in [-0.15, -0.1) is 0 Å². The molecule has 2 N–H and O–H groups in total. The highest BCUT2D eigenvalue weighted by Crippen LogP contribution is 2.15. The molecule has 0 radical (unpaired) electrons. The molecule has 142 valence electrons. The van der Waals surface area contributed by atoms with Crippen LogP contribution in [0, 0.1) is 0 Å². The minimum Gasteiger partial charge on any atom is -0.354 e.